The van der Waals surface area contributed by atoms with Crippen molar-refractivity contribution in [3.05, 3.63) is 27.5 Å². The molecule has 0 saturated carbocycles. The van der Waals surface area contributed by atoms with Gasteiger partial charge in [-0.15, -0.1) is 0 Å². The fourth-order valence-electron chi connectivity index (χ4n) is 2.53. The van der Waals surface area contributed by atoms with Crippen molar-refractivity contribution in [1.29, 1.82) is 0 Å². The minimum atomic E-state index is -0.254. The Morgan fingerprint density at radius 2 is 2.28 bits per heavy atom. The van der Waals surface area contributed by atoms with Gasteiger partial charge in [0, 0.05) is 13.0 Å². The van der Waals surface area contributed by atoms with E-state index in [2.05, 4.69) is 39.6 Å². The minimum Gasteiger partial charge on any atom is -0.389 e. The Kier molecular flexibility index (Phi) is 4.62. The largest absolute Gasteiger partial charge is 0.389 e. The fourth-order valence-corrected chi connectivity index (χ4v) is 3.23. The van der Waals surface area contributed by atoms with E-state index in [0.717, 1.165) is 48.8 Å². The molecule has 1 aliphatic rings. The zero-order valence-corrected chi connectivity index (χ0v) is 12.7. The summed E-state index contributed by atoms with van der Waals surface area (Å²) in [6.07, 6.45) is 6.70. The molecule has 1 heterocycles. The monoisotopic (exact) mass is 312 g/mol. The third-order valence-electron chi connectivity index (χ3n) is 3.51. The van der Waals surface area contributed by atoms with Crippen molar-refractivity contribution in [2.45, 2.75) is 58.6 Å². The van der Waals surface area contributed by atoms with E-state index in [-0.39, 0.29) is 6.10 Å². The topological polar surface area (TPSA) is 38.0 Å². The summed E-state index contributed by atoms with van der Waals surface area (Å²) in [6.45, 7) is 5.14. The summed E-state index contributed by atoms with van der Waals surface area (Å²) in [5.41, 5.74) is 3.71. The smallest absolute Gasteiger partial charge is 0.0766 e. The van der Waals surface area contributed by atoms with Crippen LogP contribution < -0.4 is 0 Å². The molecule has 1 aromatic heterocycles. The Balaban J connectivity index is 2.25. The van der Waals surface area contributed by atoms with Crippen molar-refractivity contribution in [2.75, 3.05) is 0 Å². The Morgan fingerprint density at radius 1 is 1.50 bits per heavy atom. The maximum Gasteiger partial charge on any atom is 0.0766 e. The van der Waals surface area contributed by atoms with Gasteiger partial charge in [0.15, 0.2) is 0 Å². The zero-order valence-electron chi connectivity index (χ0n) is 11.1. The van der Waals surface area contributed by atoms with Crippen LogP contribution in [0.3, 0.4) is 0 Å². The molecule has 1 aliphatic carbocycles. The molecule has 1 unspecified atom stereocenters. The second kappa shape index (κ2) is 6.02. The van der Waals surface area contributed by atoms with Gasteiger partial charge < -0.3 is 5.11 Å². The standard InChI is InChI=1S/C14H21BrN2O/c1-3-12-14(15)13(17(4-2)16-12)9-10-6-5-7-11(18)8-10/h8,11,18H,3-7,9H2,1-2H3. The summed E-state index contributed by atoms with van der Waals surface area (Å²) < 4.78 is 3.22. The van der Waals surface area contributed by atoms with E-state index in [4.69, 9.17) is 0 Å². The fraction of sp³-hybridized carbons (Fsp3) is 0.643. The molecular weight excluding hydrogens is 292 g/mol. The van der Waals surface area contributed by atoms with Crippen LogP contribution in [0, 0.1) is 0 Å². The number of aromatic nitrogens is 2. The summed E-state index contributed by atoms with van der Waals surface area (Å²) in [7, 11) is 0. The van der Waals surface area contributed by atoms with Gasteiger partial charge in [0.05, 0.1) is 22.0 Å². The molecule has 3 nitrogen and oxygen atoms in total. The highest BCUT2D eigenvalue weighted by atomic mass is 79.9. The predicted octanol–water partition coefficient (Wildman–Crippen LogP) is 3.24. The van der Waals surface area contributed by atoms with Crippen molar-refractivity contribution >= 4 is 15.9 Å². The third kappa shape index (κ3) is 2.86. The average Bonchev–Trinajstić information content (AvgIpc) is 2.66. The second-order valence-electron chi connectivity index (χ2n) is 4.84. The van der Waals surface area contributed by atoms with Crippen LogP contribution in [0.25, 0.3) is 0 Å². The number of nitrogens with zero attached hydrogens (tertiary/aromatic N) is 2. The van der Waals surface area contributed by atoms with Gasteiger partial charge in [-0.25, -0.2) is 0 Å². The van der Waals surface area contributed by atoms with E-state index in [1.165, 1.54) is 11.3 Å². The molecule has 0 bridgehead atoms. The summed E-state index contributed by atoms with van der Waals surface area (Å²) in [5, 5.41) is 14.3. The number of aliphatic hydroxyl groups excluding tert-OH is 1. The van der Waals surface area contributed by atoms with Crippen LogP contribution in [0.4, 0.5) is 0 Å². The molecule has 0 amide bonds. The maximum absolute atomic E-state index is 9.69. The number of aliphatic hydroxyl groups is 1. The average molecular weight is 313 g/mol. The van der Waals surface area contributed by atoms with Gasteiger partial charge in [0.2, 0.25) is 0 Å². The van der Waals surface area contributed by atoms with Crippen molar-refractivity contribution in [3.63, 3.8) is 0 Å². The lowest BCUT2D eigenvalue weighted by molar-refractivity contribution is 0.201. The molecular formula is C14H21BrN2O. The molecule has 18 heavy (non-hydrogen) atoms. The summed E-state index contributed by atoms with van der Waals surface area (Å²) >= 11 is 3.67. The quantitative estimate of drug-likeness (QED) is 0.867. The van der Waals surface area contributed by atoms with Crippen molar-refractivity contribution < 1.29 is 5.11 Å². The molecule has 0 fully saturated rings. The van der Waals surface area contributed by atoms with E-state index < -0.39 is 0 Å². The lowest BCUT2D eigenvalue weighted by Gasteiger charge is -2.17. The highest BCUT2D eigenvalue weighted by Gasteiger charge is 2.17. The Bertz CT molecular complexity index is 451. The van der Waals surface area contributed by atoms with Gasteiger partial charge in [-0.1, -0.05) is 18.6 Å². The molecule has 1 aromatic rings. The highest BCUT2D eigenvalue weighted by molar-refractivity contribution is 9.10. The predicted molar refractivity (Wildman–Crippen MR) is 76.6 cm³/mol. The van der Waals surface area contributed by atoms with Gasteiger partial charge in [0.25, 0.3) is 0 Å². The van der Waals surface area contributed by atoms with Gasteiger partial charge in [-0.05, 0) is 48.5 Å². The number of halogens is 1. The molecule has 1 N–H and O–H groups in total. The summed E-state index contributed by atoms with van der Waals surface area (Å²) in [6, 6.07) is 0. The molecule has 0 aromatic carbocycles. The van der Waals surface area contributed by atoms with Crippen LogP contribution in [-0.2, 0) is 19.4 Å². The number of rotatable bonds is 4. The number of aryl methyl sites for hydroxylation is 2. The third-order valence-corrected chi connectivity index (χ3v) is 4.43. The summed E-state index contributed by atoms with van der Waals surface area (Å²) in [4.78, 5) is 0. The molecule has 4 heteroatoms. The Labute approximate surface area is 117 Å². The van der Waals surface area contributed by atoms with Crippen LogP contribution in [-0.4, -0.2) is 21.0 Å². The lowest BCUT2D eigenvalue weighted by Crippen LogP contribution is -2.12. The van der Waals surface area contributed by atoms with Gasteiger partial charge in [0.1, 0.15) is 0 Å². The van der Waals surface area contributed by atoms with Crippen LogP contribution >= 0.6 is 15.9 Å². The highest BCUT2D eigenvalue weighted by Crippen LogP contribution is 2.28. The molecule has 2 rings (SSSR count). The van der Waals surface area contributed by atoms with Crippen molar-refractivity contribution in [1.82, 2.24) is 9.78 Å². The summed E-state index contributed by atoms with van der Waals surface area (Å²) in [5.74, 6) is 0. The molecule has 0 saturated heterocycles. The van der Waals surface area contributed by atoms with Gasteiger partial charge in [-0.2, -0.15) is 5.10 Å². The first-order chi connectivity index (χ1) is 8.65. The molecule has 0 spiro atoms. The van der Waals surface area contributed by atoms with Gasteiger partial charge >= 0.3 is 0 Å². The second-order valence-corrected chi connectivity index (χ2v) is 5.63. The number of hydrogen-bond donors (Lipinski definition) is 1. The zero-order chi connectivity index (χ0) is 13.1. The SMILES string of the molecule is CCc1nn(CC)c(CC2=CC(O)CCC2)c1Br. The van der Waals surface area contributed by atoms with Crippen LogP contribution in [0.15, 0.2) is 16.1 Å². The van der Waals surface area contributed by atoms with E-state index in [1.807, 2.05) is 6.08 Å². The van der Waals surface area contributed by atoms with E-state index in [9.17, 15) is 5.11 Å². The number of hydrogen-bond acceptors (Lipinski definition) is 2. The van der Waals surface area contributed by atoms with Crippen LogP contribution in [0.1, 0.15) is 44.5 Å². The van der Waals surface area contributed by atoms with E-state index >= 15 is 0 Å². The van der Waals surface area contributed by atoms with E-state index in [0.29, 0.717) is 0 Å². The van der Waals surface area contributed by atoms with Crippen LogP contribution in [0.5, 0.6) is 0 Å². The Hall–Kier alpha value is -0.610. The molecule has 0 radical (unpaired) electrons. The Morgan fingerprint density at radius 3 is 2.89 bits per heavy atom. The molecule has 0 aliphatic heterocycles. The first-order valence-corrected chi connectivity index (χ1v) is 7.56. The minimum absolute atomic E-state index is 0.254. The first kappa shape index (κ1) is 13.8. The van der Waals surface area contributed by atoms with Crippen LogP contribution in [0.2, 0.25) is 0 Å². The van der Waals surface area contributed by atoms with Crippen molar-refractivity contribution in [3.8, 4) is 0 Å². The number of allylic oxidation sites excluding steroid dienone is 1. The maximum atomic E-state index is 9.69. The van der Waals surface area contributed by atoms with Gasteiger partial charge in [-0.3, -0.25) is 4.68 Å². The normalized spacial score (nSPS) is 20.0. The molecule has 100 valence electrons. The van der Waals surface area contributed by atoms with E-state index in [1.54, 1.807) is 0 Å². The first-order valence-electron chi connectivity index (χ1n) is 6.77. The van der Waals surface area contributed by atoms with Crippen molar-refractivity contribution in [2.24, 2.45) is 0 Å². The molecule has 1 atom stereocenters. The lowest BCUT2D eigenvalue weighted by atomic mass is 9.94.